The number of carbonyl (C=O) groups is 3. The molecule has 4 aliphatic rings. The van der Waals surface area contributed by atoms with E-state index >= 15 is 0 Å². The topological polar surface area (TPSA) is 99.6 Å². The van der Waals surface area contributed by atoms with Crippen LogP contribution in [-0.4, -0.2) is 82.7 Å². The molecular weight excluding hydrogens is 594 g/mol. The zero-order chi connectivity index (χ0) is 32.5. The first-order chi connectivity index (χ1) is 22.9. The second-order valence-electron chi connectivity index (χ2n) is 12.5. The van der Waals surface area contributed by atoms with Crippen molar-refractivity contribution in [1.82, 2.24) is 9.80 Å². The van der Waals surface area contributed by atoms with E-state index in [2.05, 4.69) is 0 Å². The van der Waals surface area contributed by atoms with E-state index in [9.17, 15) is 19.5 Å². The highest BCUT2D eigenvalue weighted by Gasteiger charge is 2.72. The lowest BCUT2D eigenvalue weighted by atomic mass is 9.77. The molecule has 4 heterocycles. The summed E-state index contributed by atoms with van der Waals surface area (Å²) in [6.45, 7) is 3.08. The number of aliphatic hydroxyl groups is 1. The molecule has 7 rings (SSSR count). The Morgan fingerprint density at radius 2 is 1.57 bits per heavy atom. The normalized spacial score (nSPS) is 27.3. The third kappa shape index (κ3) is 5.43. The number of likely N-dealkylation sites (tertiary alicyclic amines) is 1. The Hall–Kier alpha value is -4.73. The van der Waals surface area contributed by atoms with E-state index in [-0.39, 0.29) is 24.3 Å². The van der Waals surface area contributed by atoms with Gasteiger partial charge in [0, 0.05) is 25.3 Å². The number of amides is 3. The van der Waals surface area contributed by atoms with Gasteiger partial charge in [-0.25, -0.2) is 0 Å². The average molecular weight is 634 g/mol. The van der Waals surface area contributed by atoms with Crippen LogP contribution in [0.15, 0.2) is 109 Å². The Morgan fingerprint density at radius 1 is 0.872 bits per heavy atom. The van der Waals surface area contributed by atoms with E-state index in [1.165, 1.54) is 4.90 Å². The lowest BCUT2D eigenvalue weighted by molar-refractivity contribution is -0.150. The van der Waals surface area contributed by atoms with E-state index in [1.807, 2.05) is 116 Å². The smallest absolute Gasteiger partial charge is 0.249 e. The number of hydrogen-bond donors (Lipinski definition) is 1. The number of benzene rings is 3. The minimum absolute atomic E-state index is 0.241. The van der Waals surface area contributed by atoms with Gasteiger partial charge in [0.2, 0.25) is 17.7 Å². The number of fused-ring (bicyclic) bond motifs is 2. The van der Waals surface area contributed by atoms with E-state index in [0.717, 1.165) is 11.1 Å². The lowest BCUT2D eigenvalue weighted by Gasteiger charge is -2.38. The molecule has 3 aromatic rings. The van der Waals surface area contributed by atoms with Gasteiger partial charge in [-0.05, 0) is 48.7 Å². The molecule has 4 aliphatic heterocycles. The summed E-state index contributed by atoms with van der Waals surface area (Å²) in [6.07, 6.45) is 7.13. The molecule has 9 heteroatoms. The van der Waals surface area contributed by atoms with Crippen molar-refractivity contribution in [2.75, 3.05) is 31.2 Å². The lowest BCUT2D eigenvalue weighted by Crippen LogP contribution is -2.58. The molecule has 0 radical (unpaired) electrons. The van der Waals surface area contributed by atoms with Crippen molar-refractivity contribution < 1.29 is 29.0 Å². The van der Waals surface area contributed by atoms with Crippen LogP contribution in [0.3, 0.4) is 0 Å². The quantitative estimate of drug-likeness (QED) is 0.361. The number of rotatable bonds is 9. The maximum atomic E-state index is 14.9. The first-order valence-corrected chi connectivity index (χ1v) is 16.3. The van der Waals surface area contributed by atoms with Crippen molar-refractivity contribution >= 4 is 23.4 Å². The zero-order valence-electron chi connectivity index (χ0n) is 26.4. The van der Waals surface area contributed by atoms with Gasteiger partial charge in [0.15, 0.2) is 0 Å². The fraction of sp³-hybridized carbons (Fsp3) is 0.342. The van der Waals surface area contributed by atoms with Crippen LogP contribution in [0.1, 0.15) is 18.1 Å². The van der Waals surface area contributed by atoms with Gasteiger partial charge < -0.3 is 29.3 Å². The summed E-state index contributed by atoms with van der Waals surface area (Å²) in [5, 5.41) is 10.8. The highest BCUT2D eigenvalue weighted by molar-refractivity contribution is 6.04. The summed E-state index contributed by atoms with van der Waals surface area (Å²) in [5.74, 6) is -1.98. The van der Waals surface area contributed by atoms with Gasteiger partial charge in [-0.1, -0.05) is 85.0 Å². The van der Waals surface area contributed by atoms with Crippen molar-refractivity contribution in [3.8, 4) is 5.75 Å². The number of ether oxygens (including phenoxy) is 2. The molecule has 0 aliphatic carbocycles. The van der Waals surface area contributed by atoms with Gasteiger partial charge in [0.05, 0.1) is 37.2 Å². The minimum Gasteiger partial charge on any atom is -0.494 e. The number of carbonyl (C=O) groups excluding carboxylic acids is 3. The Kier molecular flexibility index (Phi) is 8.42. The predicted molar refractivity (Wildman–Crippen MR) is 176 cm³/mol. The molecule has 1 unspecified atom stereocenters. The van der Waals surface area contributed by atoms with Crippen molar-refractivity contribution in [2.45, 2.75) is 43.7 Å². The second kappa shape index (κ2) is 12.8. The Balaban J connectivity index is 1.29. The summed E-state index contributed by atoms with van der Waals surface area (Å²) >= 11 is 0. The molecular formula is C38H39N3O6. The summed E-state index contributed by atoms with van der Waals surface area (Å²) in [6, 6.07) is 24.9. The van der Waals surface area contributed by atoms with Crippen molar-refractivity contribution in [2.24, 2.45) is 11.8 Å². The zero-order valence-corrected chi connectivity index (χ0v) is 26.4. The molecule has 1 N–H and O–H groups in total. The maximum Gasteiger partial charge on any atom is 0.249 e. The summed E-state index contributed by atoms with van der Waals surface area (Å²) in [7, 11) is 0. The van der Waals surface area contributed by atoms with E-state index < -0.39 is 35.6 Å². The van der Waals surface area contributed by atoms with Crippen LogP contribution >= 0.6 is 0 Å². The molecule has 2 fully saturated rings. The molecule has 47 heavy (non-hydrogen) atoms. The van der Waals surface area contributed by atoms with E-state index in [0.29, 0.717) is 44.1 Å². The molecule has 3 aromatic carbocycles. The summed E-state index contributed by atoms with van der Waals surface area (Å²) < 4.78 is 12.4. The second-order valence-corrected chi connectivity index (χ2v) is 12.5. The molecule has 1 spiro atoms. The largest absolute Gasteiger partial charge is 0.494 e. The highest BCUT2D eigenvalue weighted by Crippen LogP contribution is 2.54. The van der Waals surface area contributed by atoms with Crippen molar-refractivity contribution in [3.63, 3.8) is 0 Å². The van der Waals surface area contributed by atoms with Gasteiger partial charge in [0.25, 0.3) is 0 Å². The van der Waals surface area contributed by atoms with Crippen LogP contribution in [0.4, 0.5) is 5.69 Å². The van der Waals surface area contributed by atoms with Gasteiger partial charge in [-0.3, -0.25) is 14.4 Å². The highest BCUT2D eigenvalue weighted by atomic mass is 16.5. The predicted octanol–water partition coefficient (Wildman–Crippen LogP) is 3.77. The Morgan fingerprint density at radius 3 is 2.26 bits per heavy atom. The number of hydrogen-bond acceptors (Lipinski definition) is 6. The van der Waals surface area contributed by atoms with Crippen LogP contribution in [-0.2, 0) is 32.1 Å². The standard InChI is InChI=1S/C38H39N3O6/c1-2-46-30-18-16-28(17-19-30)40-22-9-15-31-32(35(40)43)33-36(44)41(29(25-42)23-26-11-5-3-6-12-26)34-37(45)39(21-10-20-38(33,34)47-31)24-27-13-7-4-8-14-27/h3-20,29,31-34,42H,2,21-25H2,1H3/t29-,31+,32-,33+,34?,38+/m1/s1. The van der Waals surface area contributed by atoms with E-state index in [1.54, 1.807) is 9.80 Å². The first kappa shape index (κ1) is 30.9. The number of aliphatic hydroxyl groups excluding tert-OH is 1. The minimum atomic E-state index is -1.39. The van der Waals surface area contributed by atoms with Crippen molar-refractivity contribution in [3.05, 3.63) is 120 Å². The maximum absolute atomic E-state index is 14.9. The van der Waals surface area contributed by atoms with E-state index in [4.69, 9.17) is 9.47 Å². The molecule has 0 bridgehead atoms. The third-order valence-electron chi connectivity index (χ3n) is 9.77. The summed E-state index contributed by atoms with van der Waals surface area (Å²) in [4.78, 5) is 49.1. The van der Waals surface area contributed by atoms with Crippen LogP contribution < -0.4 is 9.64 Å². The fourth-order valence-corrected chi connectivity index (χ4v) is 7.72. The monoisotopic (exact) mass is 633 g/mol. The van der Waals surface area contributed by atoms with Crippen LogP contribution in [0.2, 0.25) is 0 Å². The van der Waals surface area contributed by atoms with Gasteiger partial charge in [0.1, 0.15) is 17.4 Å². The molecule has 9 nitrogen and oxygen atoms in total. The van der Waals surface area contributed by atoms with Crippen LogP contribution in [0.5, 0.6) is 5.75 Å². The number of anilines is 1. The third-order valence-corrected chi connectivity index (χ3v) is 9.77. The van der Waals surface area contributed by atoms with Gasteiger partial charge >= 0.3 is 0 Å². The molecule has 0 aromatic heterocycles. The Labute approximate surface area is 274 Å². The molecule has 3 amide bonds. The van der Waals surface area contributed by atoms with Crippen LogP contribution in [0, 0.1) is 11.8 Å². The molecule has 242 valence electrons. The van der Waals surface area contributed by atoms with Gasteiger partial charge in [-0.15, -0.1) is 0 Å². The molecule has 2 saturated heterocycles. The van der Waals surface area contributed by atoms with Crippen LogP contribution in [0.25, 0.3) is 0 Å². The fourth-order valence-electron chi connectivity index (χ4n) is 7.72. The Bertz CT molecular complexity index is 1680. The number of nitrogens with zero attached hydrogens (tertiary/aromatic N) is 3. The molecule has 6 atom stereocenters. The summed E-state index contributed by atoms with van der Waals surface area (Å²) in [5.41, 5.74) is 1.18. The van der Waals surface area contributed by atoms with Crippen molar-refractivity contribution in [1.29, 1.82) is 0 Å². The first-order valence-electron chi connectivity index (χ1n) is 16.3. The SMILES string of the molecule is CCOc1ccc(N2CC=C[C@@H]3O[C@]45C=CCN(Cc6ccccc6)C(=O)C4N([C@@H](CO)Cc4ccccc4)C(=O)[C@@H]5[C@@H]3C2=O)cc1. The van der Waals surface area contributed by atoms with Gasteiger partial charge in [-0.2, -0.15) is 0 Å². The average Bonchev–Trinajstić information content (AvgIpc) is 3.42. The molecule has 0 saturated carbocycles.